The van der Waals surface area contributed by atoms with E-state index in [0.717, 1.165) is 0 Å². The number of rotatable bonds is 3. The summed E-state index contributed by atoms with van der Waals surface area (Å²) in [5.41, 5.74) is 6.26. The number of carbonyl (C=O) groups excluding carboxylic acids is 1. The van der Waals surface area contributed by atoms with E-state index in [9.17, 15) is 4.79 Å². The molecule has 0 saturated carbocycles. The third-order valence-electron chi connectivity index (χ3n) is 2.65. The SMILES string of the molecule is CCN(CC)C(=O)c1cc(Cl)nn2c(N)nnc12. The first kappa shape index (κ1) is 12.6. The average Bonchev–Trinajstić information content (AvgIpc) is 2.72. The van der Waals surface area contributed by atoms with Crippen molar-refractivity contribution in [2.75, 3.05) is 18.8 Å². The van der Waals surface area contributed by atoms with Gasteiger partial charge in [-0.2, -0.15) is 9.61 Å². The Labute approximate surface area is 109 Å². The van der Waals surface area contributed by atoms with Crippen LogP contribution in [0.1, 0.15) is 24.2 Å². The lowest BCUT2D eigenvalue weighted by Gasteiger charge is -2.18. The first-order chi connectivity index (χ1) is 8.58. The number of anilines is 1. The largest absolute Gasteiger partial charge is 0.366 e. The van der Waals surface area contributed by atoms with Crippen molar-refractivity contribution in [3.8, 4) is 0 Å². The number of amides is 1. The van der Waals surface area contributed by atoms with Gasteiger partial charge in [-0.15, -0.1) is 10.2 Å². The van der Waals surface area contributed by atoms with Crippen LogP contribution in [0.3, 0.4) is 0 Å². The lowest BCUT2D eigenvalue weighted by molar-refractivity contribution is 0.0774. The second-order valence-corrected chi connectivity index (χ2v) is 4.04. The van der Waals surface area contributed by atoms with Gasteiger partial charge in [0.05, 0.1) is 5.56 Å². The molecule has 0 spiro atoms. The van der Waals surface area contributed by atoms with Crippen LogP contribution in [0.2, 0.25) is 5.15 Å². The summed E-state index contributed by atoms with van der Waals surface area (Å²) in [6.07, 6.45) is 0. The summed E-state index contributed by atoms with van der Waals surface area (Å²) in [4.78, 5) is 14.0. The molecule has 1 amide bonds. The molecule has 0 atom stereocenters. The van der Waals surface area contributed by atoms with Gasteiger partial charge in [0.1, 0.15) is 0 Å². The zero-order chi connectivity index (χ0) is 13.3. The quantitative estimate of drug-likeness (QED) is 0.891. The minimum Gasteiger partial charge on any atom is -0.366 e. The molecule has 0 aliphatic carbocycles. The van der Waals surface area contributed by atoms with E-state index in [1.807, 2.05) is 13.8 Å². The molecule has 2 N–H and O–H groups in total. The van der Waals surface area contributed by atoms with E-state index in [-0.39, 0.29) is 17.0 Å². The van der Waals surface area contributed by atoms with Gasteiger partial charge >= 0.3 is 0 Å². The number of aromatic nitrogens is 4. The first-order valence-corrected chi connectivity index (χ1v) is 5.93. The normalized spacial score (nSPS) is 10.8. The number of fused-ring (bicyclic) bond motifs is 1. The highest BCUT2D eigenvalue weighted by Gasteiger charge is 2.20. The molecule has 0 unspecified atom stereocenters. The molecular weight excluding hydrogens is 256 g/mol. The van der Waals surface area contributed by atoms with E-state index in [2.05, 4.69) is 15.3 Å². The van der Waals surface area contributed by atoms with Crippen LogP contribution >= 0.6 is 11.6 Å². The maximum Gasteiger partial charge on any atom is 0.257 e. The molecule has 0 aliphatic heterocycles. The highest BCUT2D eigenvalue weighted by atomic mass is 35.5. The molecule has 96 valence electrons. The van der Waals surface area contributed by atoms with Crippen LogP contribution in [0.5, 0.6) is 0 Å². The van der Waals surface area contributed by atoms with Crippen molar-refractivity contribution >= 4 is 29.1 Å². The highest BCUT2D eigenvalue weighted by molar-refractivity contribution is 6.29. The molecule has 0 aliphatic rings. The molecular formula is C10H13ClN6O. The van der Waals surface area contributed by atoms with Crippen LogP contribution in [-0.4, -0.2) is 43.7 Å². The van der Waals surface area contributed by atoms with E-state index in [4.69, 9.17) is 17.3 Å². The van der Waals surface area contributed by atoms with Gasteiger partial charge in [-0.25, -0.2) is 0 Å². The van der Waals surface area contributed by atoms with Crippen LogP contribution in [-0.2, 0) is 0 Å². The Morgan fingerprint density at radius 3 is 2.72 bits per heavy atom. The maximum atomic E-state index is 12.3. The summed E-state index contributed by atoms with van der Waals surface area (Å²) >= 11 is 5.87. The molecule has 2 heterocycles. The Morgan fingerprint density at radius 2 is 2.11 bits per heavy atom. The predicted molar refractivity (Wildman–Crippen MR) is 67.5 cm³/mol. The summed E-state index contributed by atoms with van der Waals surface area (Å²) in [5, 5.41) is 11.7. The predicted octanol–water partition coefficient (Wildman–Crippen LogP) is 0.842. The number of nitrogens with two attached hydrogens (primary N) is 1. The fraction of sp³-hybridized carbons (Fsp3) is 0.400. The Balaban J connectivity index is 2.59. The van der Waals surface area contributed by atoms with Crippen molar-refractivity contribution in [1.29, 1.82) is 0 Å². The zero-order valence-corrected chi connectivity index (χ0v) is 10.8. The first-order valence-electron chi connectivity index (χ1n) is 5.55. The summed E-state index contributed by atoms with van der Waals surface area (Å²) in [7, 11) is 0. The van der Waals surface area contributed by atoms with E-state index >= 15 is 0 Å². The fourth-order valence-electron chi connectivity index (χ4n) is 1.70. The number of hydrogen-bond acceptors (Lipinski definition) is 5. The van der Waals surface area contributed by atoms with Crippen molar-refractivity contribution in [3.63, 3.8) is 0 Å². The lowest BCUT2D eigenvalue weighted by Crippen LogP contribution is -2.31. The molecule has 0 aromatic carbocycles. The van der Waals surface area contributed by atoms with Crippen LogP contribution < -0.4 is 5.73 Å². The van der Waals surface area contributed by atoms with E-state index in [1.165, 1.54) is 10.6 Å². The zero-order valence-electron chi connectivity index (χ0n) is 10.1. The molecule has 2 rings (SSSR count). The van der Waals surface area contributed by atoms with Gasteiger partial charge < -0.3 is 10.6 Å². The third kappa shape index (κ3) is 1.97. The number of carbonyl (C=O) groups is 1. The van der Waals surface area contributed by atoms with Crippen molar-refractivity contribution < 1.29 is 4.79 Å². The van der Waals surface area contributed by atoms with Crippen LogP contribution in [0.4, 0.5) is 5.95 Å². The molecule has 2 aromatic rings. The topological polar surface area (TPSA) is 89.4 Å². The number of halogens is 1. The summed E-state index contributed by atoms with van der Waals surface area (Å²) in [5.74, 6) is -0.0669. The second kappa shape index (κ2) is 4.77. The van der Waals surface area contributed by atoms with E-state index in [1.54, 1.807) is 4.90 Å². The molecule has 0 radical (unpaired) electrons. The van der Waals surface area contributed by atoms with Crippen LogP contribution in [0, 0.1) is 0 Å². The smallest absolute Gasteiger partial charge is 0.257 e. The summed E-state index contributed by atoms with van der Waals surface area (Å²) in [6, 6.07) is 1.48. The van der Waals surface area contributed by atoms with Gasteiger partial charge in [0.25, 0.3) is 5.91 Å². The molecule has 7 nitrogen and oxygen atoms in total. The fourth-order valence-corrected chi connectivity index (χ4v) is 1.89. The molecule has 0 fully saturated rings. The molecule has 0 bridgehead atoms. The Bertz CT molecular complexity index is 591. The van der Waals surface area contributed by atoms with Crippen LogP contribution in [0.25, 0.3) is 5.65 Å². The Hall–Kier alpha value is -1.89. The number of nitrogen functional groups attached to an aromatic ring is 1. The number of nitrogens with zero attached hydrogens (tertiary/aromatic N) is 5. The van der Waals surface area contributed by atoms with Gasteiger partial charge in [-0.1, -0.05) is 11.6 Å². The second-order valence-electron chi connectivity index (χ2n) is 3.65. The van der Waals surface area contributed by atoms with E-state index in [0.29, 0.717) is 24.3 Å². The standard InChI is InChI=1S/C10H13ClN6O/c1-3-16(4-2)9(18)6-5-7(11)15-17-8(6)13-14-10(17)12/h5H,3-4H2,1-2H3,(H2,12,14). The minimum atomic E-state index is -0.165. The molecule has 8 heteroatoms. The van der Waals surface area contributed by atoms with Crippen molar-refractivity contribution in [3.05, 3.63) is 16.8 Å². The molecule has 2 aromatic heterocycles. The average molecular weight is 269 g/mol. The molecule has 0 saturated heterocycles. The van der Waals surface area contributed by atoms with Gasteiger partial charge in [-0.05, 0) is 19.9 Å². The van der Waals surface area contributed by atoms with Gasteiger partial charge in [-0.3, -0.25) is 4.79 Å². The summed E-state index contributed by atoms with van der Waals surface area (Å²) < 4.78 is 1.26. The Kier molecular flexibility index (Phi) is 3.33. The number of hydrogen-bond donors (Lipinski definition) is 1. The maximum absolute atomic E-state index is 12.3. The van der Waals surface area contributed by atoms with Crippen molar-refractivity contribution in [1.82, 2.24) is 24.7 Å². The van der Waals surface area contributed by atoms with E-state index < -0.39 is 0 Å². The van der Waals surface area contributed by atoms with Crippen molar-refractivity contribution in [2.24, 2.45) is 0 Å². The molecule has 18 heavy (non-hydrogen) atoms. The highest BCUT2D eigenvalue weighted by Crippen LogP contribution is 2.16. The summed E-state index contributed by atoms with van der Waals surface area (Å²) in [6.45, 7) is 5.01. The Morgan fingerprint density at radius 1 is 1.44 bits per heavy atom. The van der Waals surface area contributed by atoms with Gasteiger partial charge in [0.2, 0.25) is 5.95 Å². The van der Waals surface area contributed by atoms with Gasteiger partial charge in [0, 0.05) is 13.1 Å². The lowest BCUT2D eigenvalue weighted by atomic mass is 10.2. The third-order valence-corrected chi connectivity index (χ3v) is 2.83. The minimum absolute atomic E-state index is 0.0982. The monoisotopic (exact) mass is 268 g/mol. The van der Waals surface area contributed by atoms with Gasteiger partial charge in [0.15, 0.2) is 10.8 Å². The van der Waals surface area contributed by atoms with Crippen LogP contribution in [0.15, 0.2) is 6.07 Å². The van der Waals surface area contributed by atoms with Crippen molar-refractivity contribution in [2.45, 2.75) is 13.8 Å².